The zero-order valence-electron chi connectivity index (χ0n) is 12.0. The maximum absolute atomic E-state index is 5.44. The smallest absolute Gasteiger partial charge is 0.145 e. The first kappa shape index (κ1) is 14.3. The van der Waals surface area contributed by atoms with Gasteiger partial charge < -0.3 is 10.7 Å². The second kappa shape index (κ2) is 6.86. The average molecular weight is 271 g/mol. The molecule has 0 fully saturated rings. The van der Waals surface area contributed by atoms with E-state index in [-0.39, 0.29) is 0 Å². The lowest BCUT2D eigenvalue weighted by Gasteiger charge is -2.10. The second-order valence-corrected chi connectivity index (χ2v) is 4.79. The van der Waals surface area contributed by atoms with E-state index >= 15 is 0 Å². The number of nitrogens with two attached hydrogens (primary N) is 1. The Kier molecular flexibility index (Phi) is 4.90. The van der Waals surface area contributed by atoms with Crippen molar-refractivity contribution in [1.29, 1.82) is 0 Å². The number of nitrogens with one attached hydrogen (secondary N) is 2. The Balaban J connectivity index is 2.10. The second-order valence-electron chi connectivity index (χ2n) is 4.79. The van der Waals surface area contributed by atoms with E-state index in [1.807, 2.05) is 6.07 Å². The van der Waals surface area contributed by atoms with Gasteiger partial charge in [0, 0.05) is 19.0 Å². The van der Waals surface area contributed by atoms with E-state index in [1.165, 1.54) is 11.1 Å². The summed E-state index contributed by atoms with van der Waals surface area (Å²) in [6, 6.07) is 10.2. The Bertz CT molecular complexity index is 568. The zero-order valence-corrected chi connectivity index (χ0v) is 12.0. The number of hydrazine groups is 1. The summed E-state index contributed by atoms with van der Waals surface area (Å²) in [7, 11) is 0. The normalized spacial score (nSPS) is 10.3. The van der Waals surface area contributed by atoms with Gasteiger partial charge in [-0.25, -0.2) is 15.8 Å². The minimum atomic E-state index is 0.634. The largest absolute Gasteiger partial charge is 0.366 e. The SMILES string of the molecule is CCCc1nc(NN)cc(NCc2cccc(C)c2)n1. The van der Waals surface area contributed by atoms with Gasteiger partial charge in [0.2, 0.25) is 0 Å². The predicted octanol–water partition coefficient (Wildman–Crippen LogP) is 2.64. The molecule has 1 heterocycles. The summed E-state index contributed by atoms with van der Waals surface area (Å²) < 4.78 is 0. The van der Waals surface area contributed by atoms with Crippen LogP contribution in [0.3, 0.4) is 0 Å². The maximum Gasteiger partial charge on any atom is 0.145 e. The Hall–Kier alpha value is -2.14. The number of nitrogen functional groups attached to an aromatic ring is 1. The summed E-state index contributed by atoms with van der Waals surface area (Å²) in [4.78, 5) is 8.81. The first-order valence-corrected chi connectivity index (χ1v) is 6.85. The molecule has 5 heteroatoms. The number of aromatic nitrogens is 2. The van der Waals surface area contributed by atoms with Gasteiger partial charge in [0.1, 0.15) is 17.5 Å². The van der Waals surface area contributed by atoms with Crippen LogP contribution in [0.15, 0.2) is 30.3 Å². The standard InChI is InChI=1S/C15H21N5/c1-3-5-13-18-14(9-15(19-13)20-16)17-10-12-7-4-6-11(2)8-12/h4,6-9H,3,5,10,16H2,1-2H3,(H2,17,18,19,20). The molecule has 0 unspecified atom stereocenters. The van der Waals surface area contributed by atoms with Crippen LogP contribution in [0.5, 0.6) is 0 Å². The Labute approximate surface area is 119 Å². The molecule has 5 nitrogen and oxygen atoms in total. The fourth-order valence-corrected chi connectivity index (χ4v) is 2.01. The molecule has 4 N–H and O–H groups in total. The zero-order chi connectivity index (χ0) is 14.4. The van der Waals surface area contributed by atoms with Crippen LogP contribution in [0.2, 0.25) is 0 Å². The average Bonchev–Trinajstić information content (AvgIpc) is 2.45. The lowest BCUT2D eigenvalue weighted by Crippen LogP contribution is -2.12. The monoisotopic (exact) mass is 271 g/mol. The number of rotatable bonds is 6. The van der Waals surface area contributed by atoms with Crippen molar-refractivity contribution in [3.8, 4) is 0 Å². The first-order chi connectivity index (χ1) is 9.71. The summed E-state index contributed by atoms with van der Waals surface area (Å²) in [5.74, 6) is 7.67. The molecule has 0 saturated heterocycles. The van der Waals surface area contributed by atoms with Gasteiger partial charge in [-0.15, -0.1) is 0 Å². The van der Waals surface area contributed by atoms with Crippen LogP contribution in [0.1, 0.15) is 30.3 Å². The van der Waals surface area contributed by atoms with Crippen molar-refractivity contribution >= 4 is 11.6 Å². The minimum absolute atomic E-state index is 0.634. The minimum Gasteiger partial charge on any atom is -0.366 e. The van der Waals surface area contributed by atoms with Crippen LogP contribution < -0.4 is 16.6 Å². The molecule has 0 atom stereocenters. The molecule has 0 aliphatic rings. The Morgan fingerprint density at radius 3 is 2.65 bits per heavy atom. The van der Waals surface area contributed by atoms with Crippen molar-refractivity contribution in [2.75, 3.05) is 10.7 Å². The van der Waals surface area contributed by atoms with E-state index in [0.29, 0.717) is 5.82 Å². The van der Waals surface area contributed by atoms with Crippen molar-refractivity contribution in [1.82, 2.24) is 9.97 Å². The van der Waals surface area contributed by atoms with Gasteiger partial charge in [-0.1, -0.05) is 36.8 Å². The third kappa shape index (κ3) is 3.93. The highest BCUT2D eigenvalue weighted by Crippen LogP contribution is 2.13. The first-order valence-electron chi connectivity index (χ1n) is 6.85. The van der Waals surface area contributed by atoms with Gasteiger partial charge >= 0.3 is 0 Å². The molecule has 0 aliphatic heterocycles. The number of hydrogen-bond donors (Lipinski definition) is 3. The molecular formula is C15H21N5. The fourth-order valence-electron chi connectivity index (χ4n) is 2.01. The molecule has 2 rings (SSSR count). The molecule has 20 heavy (non-hydrogen) atoms. The highest BCUT2D eigenvalue weighted by molar-refractivity contribution is 5.47. The molecule has 0 saturated carbocycles. The van der Waals surface area contributed by atoms with Crippen molar-refractivity contribution < 1.29 is 0 Å². The molecule has 0 bridgehead atoms. The highest BCUT2D eigenvalue weighted by atomic mass is 15.3. The molecule has 1 aromatic heterocycles. The van der Waals surface area contributed by atoms with Crippen molar-refractivity contribution in [2.24, 2.45) is 5.84 Å². The summed E-state index contributed by atoms with van der Waals surface area (Å²) in [6.45, 7) is 4.92. The van der Waals surface area contributed by atoms with E-state index in [4.69, 9.17) is 5.84 Å². The van der Waals surface area contributed by atoms with Gasteiger partial charge in [-0.3, -0.25) is 0 Å². The fraction of sp³-hybridized carbons (Fsp3) is 0.333. The quantitative estimate of drug-likeness (QED) is 0.556. The molecule has 0 radical (unpaired) electrons. The summed E-state index contributed by atoms with van der Waals surface area (Å²) in [5.41, 5.74) is 5.06. The van der Waals surface area contributed by atoms with E-state index < -0.39 is 0 Å². The number of nitrogens with zero attached hydrogens (tertiary/aromatic N) is 2. The van der Waals surface area contributed by atoms with E-state index in [0.717, 1.165) is 31.0 Å². The van der Waals surface area contributed by atoms with Crippen molar-refractivity contribution in [2.45, 2.75) is 33.2 Å². The van der Waals surface area contributed by atoms with E-state index in [1.54, 1.807) is 0 Å². The van der Waals surface area contributed by atoms with Gasteiger partial charge in [0.15, 0.2) is 0 Å². The number of anilines is 2. The van der Waals surface area contributed by atoms with Gasteiger partial charge in [0.05, 0.1) is 0 Å². The summed E-state index contributed by atoms with van der Waals surface area (Å²) in [6.07, 6.45) is 1.85. The van der Waals surface area contributed by atoms with Crippen LogP contribution in [0.4, 0.5) is 11.6 Å². The van der Waals surface area contributed by atoms with Crippen LogP contribution in [-0.4, -0.2) is 9.97 Å². The lowest BCUT2D eigenvalue weighted by molar-refractivity contribution is 0.834. The van der Waals surface area contributed by atoms with Crippen LogP contribution in [-0.2, 0) is 13.0 Å². The molecule has 0 amide bonds. The maximum atomic E-state index is 5.44. The predicted molar refractivity (Wildman–Crippen MR) is 82.3 cm³/mol. The summed E-state index contributed by atoms with van der Waals surface area (Å²) in [5, 5.41) is 3.32. The number of aryl methyl sites for hydroxylation is 2. The Morgan fingerprint density at radius 2 is 1.95 bits per heavy atom. The lowest BCUT2D eigenvalue weighted by atomic mass is 10.1. The van der Waals surface area contributed by atoms with Crippen LogP contribution >= 0.6 is 0 Å². The Morgan fingerprint density at radius 1 is 1.15 bits per heavy atom. The van der Waals surface area contributed by atoms with Gasteiger partial charge in [-0.2, -0.15) is 0 Å². The van der Waals surface area contributed by atoms with Crippen molar-refractivity contribution in [3.63, 3.8) is 0 Å². The molecule has 0 aliphatic carbocycles. The topological polar surface area (TPSA) is 75.9 Å². The third-order valence-electron chi connectivity index (χ3n) is 2.95. The number of benzene rings is 1. The van der Waals surface area contributed by atoms with E-state index in [2.05, 4.69) is 58.8 Å². The molecule has 1 aromatic carbocycles. The summed E-state index contributed by atoms with van der Waals surface area (Å²) >= 11 is 0. The van der Waals surface area contributed by atoms with Crippen LogP contribution in [0.25, 0.3) is 0 Å². The molecular weight excluding hydrogens is 250 g/mol. The molecule has 106 valence electrons. The van der Waals surface area contributed by atoms with Gasteiger partial charge in [0.25, 0.3) is 0 Å². The molecule has 2 aromatic rings. The van der Waals surface area contributed by atoms with Gasteiger partial charge in [-0.05, 0) is 18.9 Å². The van der Waals surface area contributed by atoms with E-state index in [9.17, 15) is 0 Å². The third-order valence-corrected chi connectivity index (χ3v) is 2.95. The van der Waals surface area contributed by atoms with Crippen molar-refractivity contribution in [3.05, 3.63) is 47.3 Å². The number of hydrogen-bond acceptors (Lipinski definition) is 5. The van der Waals surface area contributed by atoms with Crippen LogP contribution in [0, 0.1) is 6.92 Å². The molecule has 0 spiro atoms. The highest BCUT2D eigenvalue weighted by Gasteiger charge is 2.03.